The molecule has 0 saturated heterocycles. The monoisotopic (exact) mass is 390 g/mol. The summed E-state index contributed by atoms with van der Waals surface area (Å²) in [5.74, 6) is 0. The van der Waals surface area contributed by atoms with E-state index in [1.807, 2.05) is 0 Å². The number of thiophene rings is 1. The van der Waals surface area contributed by atoms with Gasteiger partial charge in [-0.05, 0) is 24.3 Å². The van der Waals surface area contributed by atoms with E-state index in [0.717, 1.165) is 0 Å². The van der Waals surface area contributed by atoms with Crippen LogP contribution in [0.15, 0.2) is 40.6 Å². The minimum absolute atomic E-state index is 0.0960. The molecule has 0 atom stereocenters. The molecule has 0 bridgehead atoms. The largest absolute Gasteiger partial charge is 0.390 e. The standard InChI is InChI=1S/C16H12ClFN6OS/c17-9-1-3-10(4-2-9)24-16(25)13-11(8-26-15(13)19)14(21-24)12-7-23(6-5-18)22-20-12/h1-4,7-8H,5-6,19H2. The van der Waals surface area contributed by atoms with Crippen molar-refractivity contribution in [3.8, 4) is 17.1 Å². The van der Waals surface area contributed by atoms with Gasteiger partial charge in [-0.1, -0.05) is 16.8 Å². The first-order chi connectivity index (χ1) is 12.6. The molecule has 0 aliphatic heterocycles. The average molecular weight is 391 g/mol. The highest BCUT2D eigenvalue weighted by Gasteiger charge is 2.19. The summed E-state index contributed by atoms with van der Waals surface area (Å²) < 4.78 is 15.2. The maximum atomic E-state index is 12.9. The van der Waals surface area contributed by atoms with Crippen LogP contribution >= 0.6 is 22.9 Å². The average Bonchev–Trinajstić information content (AvgIpc) is 3.24. The molecule has 0 radical (unpaired) electrons. The van der Waals surface area contributed by atoms with Gasteiger partial charge in [0.2, 0.25) is 0 Å². The number of alkyl halides is 1. The molecule has 0 unspecified atom stereocenters. The predicted molar refractivity (Wildman–Crippen MR) is 99.6 cm³/mol. The maximum absolute atomic E-state index is 12.9. The lowest BCUT2D eigenvalue weighted by molar-refractivity contribution is 0.422. The zero-order valence-corrected chi connectivity index (χ0v) is 14.8. The Kier molecular flexibility index (Phi) is 4.17. The van der Waals surface area contributed by atoms with Crippen LogP contribution in [0.25, 0.3) is 27.8 Å². The van der Waals surface area contributed by atoms with Crippen LogP contribution in [-0.4, -0.2) is 31.4 Å². The van der Waals surface area contributed by atoms with Crippen LogP contribution in [0.4, 0.5) is 9.39 Å². The third-order valence-corrected chi connectivity index (χ3v) is 4.91. The van der Waals surface area contributed by atoms with E-state index in [1.165, 1.54) is 20.7 Å². The van der Waals surface area contributed by atoms with Crippen LogP contribution in [-0.2, 0) is 6.54 Å². The number of anilines is 1. The number of aryl methyl sites for hydroxylation is 1. The van der Waals surface area contributed by atoms with Crippen molar-refractivity contribution in [2.45, 2.75) is 6.54 Å². The molecular formula is C16H12ClFN6OS. The van der Waals surface area contributed by atoms with Gasteiger partial charge in [0.15, 0.2) is 0 Å². The van der Waals surface area contributed by atoms with E-state index in [0.29, 0.717) is 37.9 Å². The van der Waals surface area contributed by atoms with E-state index in [1.54, 1.807) is 35.8 Å². The van der Waals surface area contributed by atoms with Crippen molar-refractivity contribution in [2.75, 3.05) is 12.4 Å². The molecule has 26 heavy (non-hydrogen) atoms. The Morgan fingerprint density at radius 1 is 1.27 bits per heavy atom. The molecular weight excluding hydrogens is 379 g/mol. The third kappa shape index (κ3) is 2.74. The summed E-state index contributed by atoms with van der Waals surface area (Å²) >= 11 is 7.18. The number of aromatic nitrogens is 5. The zero-order valence-electron chi connectivity index (χ0n) is 13.3. The highest BCUT2D eigenvalue weighted by atomic mass is 35.5. The molecule has 2 N–H and O–H groups in total. The highest BCUT2D eigenvalue weighted by Crippen LogP contribution is 2.31. The van der Waals surface area contributed by atoms with Crippen molar-refractivity contribution in [1.29, 1.82) is 0 Å². The van der Waals surface area contributed by atoms with E-state index < -0.39 is 6.67 Å². The molecule has 7 nitrogen and oxygen atoms in total. The third-order valence-electron chi connectivity index (χ3n) is 3.85. The zero-order chi connectivity index (χ0) is 18.3. The van der Waals surface area contributed by atoms with Gasteiger partial charge in [-0.2, -0.15) is 9.78 Å². The Morgan fingerprint density at radius 3 is 2.77 bits per heavy atom. The van der Waals surface area contributed by atoms with Crippen LogP contribution in [0.2, 0.25) is 5.02 Å². The van der Waals surface area contributed by atoms with E-state index in [4.69, 9.17) is 17.3 Å². The van der Waals surface area contributed by atoms with Crippen molar-refractivity contribution in [3.05, 3.63) is 51.2 Å². The second-order valence-electron chi connectivity index (χ2n) is 5.49. The van der Waals surface area contributed by atoms with Crippen LogP contribution in [0.1, 0.15) is 0 Å². The normalized spacial score (nSPS) is 11.3. The Labute approximate surface area is 155 Å². The summed E-state index contributed by atoms with van der Waals surface area (Å²) in [5, 5.41) is 16.1. The number of fused-ring (bicyclic) bond motifs is 1. The van der Waals surface area contributed by atoms with Gasteiger partial charge < -0.3 is 5.73 Å². The lowest BCUT2D eigenvalue weighted by Gasteiger charge is -2.08. The smallest absolute Gasteiger partial charge is 0.282 e. The fraction of sp³-hybridized carbons (Fsp3) is 0.125. The lowest BCUT2D eigenvalue weighted by Crippen LogP contribution is -2.22. The number of nitrogens with two attached hydrogens (primary N) is 1. The van der Waals surface area contributed by atoms with Gasteiger partial charge in [0.05, 0.1) is 28.8 Å². The Morgan fingerprint density at radius 2 is 2.04 bits per heavy atom. The van der Waals surface area contributed by atoms with Gasteiger partial charge in [-0.3, -0.25) is 4.79 Å². The molecule has 0 spiro atoms. The number of nitrogens with zero attached hydrogens (tertiary/aromatic N) is 5. The van der Waals surface area contributed by atoms with Gasteiger partial charge in [0.25, 0.3) is 5.56 Å². The molecule has 0 aliphatic carbocycles. The number of nitrogen functional groups attached to an aromatic ring is 1. The molecule has 1 aromatic carbocycles. The highest BCUT2D eigenvalue weighted by molar-refractivity contribution is 7.15. The summed E-state index contributed by atoms with van der Waals surface area (Å²) in [7, 11) is 0. The summed E-state index contributed by atoms with van der Waals surface area (Å²) in [4.78, 5) is 12.9. The number of rotatable bonds is 4. The van der Waals surface area contributed by atoms with Gasteiger partial charge in [0.1, 0.15) is 18.1 Å². The molecule has 132 valence electrons. The topological polar surface area (TPSA) is 91.6 Å². The molecule has 10 heteroatoms. The van der Waals surface area contributed by atoms with Crippen molar-refractivity contribution in [3.63, 3.8) is 0 Å². The number of hydrogen-bond acceptors (Lipinski definition) is 6. The van der Waals surface area contributed by atoms with Crippen molar-refractivity contribution < 1.29 is 4.39 Å². The fourth-order valence-corrected chi connectivity index (χ4v) is 3.54. The molecule has 0 amide bonds. The molecule has 3 aromatic heterocycles. The summed E-state index contributed by atoms with van der Waals surface area (Å²) in [6.45, 7) is -0.458. The van der Waals surface area contributed by atoms with Gasteiger partial charge in [-0.25, -0.2) is 9.07 Å². The first-order valence-electron chi connectivity index (χ1n) is 7.61. The number of halogens is 2. The second-order valence-corrected chi connectivity index (χ2v) is 6.83. The first kappa shape index (κ1) is 16.7. The van der Waals surface area contributed by atoms with Gasteiger partial charge in [-0.15, -0.1) is 16.4 Å². The Balaban J connectivity index is 1.98. The molecule has 4 aromatic rings. The van der Waals surface area contributed by atoms with Crippen molar-refractivity contribution >= 4 is 38.7 Å². The van der Waals surface area contributed by atoms with Crippen LogP contribution in [0.3, 0.4) is 0 Å². The van der Waals surface area contributed by atoms with E-state index >= 15 is 0 Å². The SMILES string of the molecule is Nc1scc2c(-c3cn(CCF)nn3)nn(-c3ccc(Cl)cc3)c(=O)c12. The van der Waals surface area contributed by atoms with Crippen molar-refractivity contribution in [1.82, 2.24) is 24.8 Å². The summed E-state index contributed by atoms with van der Waals surface area (Å²) in [5.41, 5.74) is 7.11. The van der Waals surface area contributed by atoms with Gasteiger partial charge in [0, 0.05) is 15.8 Å². The first-order valence-corrected chi connectivity index (χ1v) is 8.86. The minimum atomic E-state index is -0.554. The van der Waals surface area contributed by atoms with Crippen molar-refractivity contribution in [2.24, 2.45) is 0 Å². The van der Waals surface area contributed by atoms with Crippen LogP contribution < -0.4 is 11.3 Å². The summed E-state index contributed by atoms with van der Waals surface area (Å²) in [6, 6.07) is 6.72. The fourth-order valence-electron chi connectivity index (χ4n) is 2.62. The number of benzene rings is 1. The molecule has 0 saturated carbocycles. The van der Waals surface area contributed by atoms with Gasteiger partial charge >= 0.3 is 0 Å². The van der Waals surface area contributed by atoms with E-state index in [9.17, 15) is 9.18 Å². The Hall–Kier alpha value is -2.78. The summed E-state index contributed by atoms with van der Waals surface area (Å²) in [6.07, 6.45) is 1.59. The van der Waals surface area contributed by atoms with Crippen LogP contribution in [0, 0.1) is 0 Å². The quantitative estimate of drug-likeness (QED) is 0.578. The molecule has 0 fully saturated rings. The Bertz CT molecular complexity index is 1150. The van der Waals surface area contributed by atoms with Crippen LogP contribution in [0.5, 0.6) is 0 Å². The van der Waals surface area contributed by atoms with E-state index in [2.05, 4.69) is 15.4 Å². The lowest BCUT2D eigenvalue weighted by atomic mass is 10.2. The van der Waals surface area contributed by atoms with E-state index in [-0.39, 0.29) is 12.1 Å². The molecule has 0 aliphatic rings. The number of hydrogen-bond donors (Lipinski definition) is 1. The maximum Gasteiger partial charge on any atom is 0.282 e. The molecule has 3 heterocycles. The second kappa shape index (κ2) is 6.50. The molecule has 4 rings (SSSR count). The minimum Gasteiger partial charge on any atom is -0.390 e. The predicted octanol–water partition coefficient (Wildman–Crippen LogP) is 2.91.